The van der Waals surface area contributed by atoms with Crippen LogP contribution in [0.4, 0.5) is 62.2 Å². The molecule has 31 nitrogen and oxygen atoms in total. The molecule has 0 unspecified atom stereocenters. The number of aromatic carboxylic acids is 1. The van der Waals surface area contributed by atoms with E-state index >= 15 is 0 Å². The monoisotopic (exact) mass is 1140 g/mol. The second-order valence-electron chi connectivity index (χ2n) is 14.4. The number of hydrogen-bond acceptors (Lipinski definition) is 26. The molecular formula is C40H30N13O18S5+. The molecule has 0 spiro atoms. The van der Waals surface area contributed by atoms with Gasteiger partial charge in [-0.2, -0.15) is 35.5 Å². The standard InChI is InChI=1S/C40H29N13O18S5/c41-32-31-21(15-28(73-70-69-58)33(35(31)54)51-49-22-6-9-26(10-7-22)72-14-13-68-71-76(65,66)67)16-30(75(62,63)64)34(32)52-50-25-8-11-29(74(59,60)61)27(18-25)45-39-46-38(44-24-5-1-4-23(17-24)43-37(42)57)47-40(48-39)53-12-2-3-20(19-53)36(55)56/h1-12,15-19H,(H12-,41,42,43,44,45,46,47,48,49,50,54,55,56,57,58,59,60,61,62,63,64,65,66,67)/p+1. The maximum Gasteiger partial charge on any atom is 0.444 e. The van der Waals surface area contributed by atoms with Crippen molar-refractivity contribution in [1.82, 2.24) is 15.0 Å². The number of phenolic OH excluding ortho intramolecular Hbond substituents is 1. The van der Waals surface area contributed by atoms with Crippen LogP contribution in [0.25, 0.3) is 16.7 Å². The number of carboxylic acid groups (broad SMARTS) is 1. The summed E-state index contributed by atoms with van der Waals surface area (Å²) in [6, 6.07) is 18.6. The molecule has 2 amide bonds. The van der Waals surface area contributed by atoms with Crippen molar-refractivity contribution in [2.75, 3.05) is 21.7 Å². The van der Waals surface area contributed by atoms with E-state index in [0.717, 1.165) is 48.3 Å². The van der Waals surface area contributed by atoms with Gasteiger partial charge >= 0.3 is 40.2 Å². The van der Waals surface area contributed by atoms with Crippen molar-refractivity contribution < 1.29 is 87.1 Å². The summed E-state index contributed by atoms with van der Waals surface area (Å²) < 4.78 is 111. The van der Waals surface area contributed by atoms with Gasteiger partial charge in [-0.25, -0.2) is 19.4 Å². The first-order chi connectivity index (χ1) is 35.9. The summed E-state index contributed by atoms with van der Waals surface area (Å²) in [5.41, 5.74) is 9.67. The van der Waals surface area contributed by atoms with Crippen molar-refractivity contribution in [3.8, 4) is 23.1 Å². The number of primary amides is 1. The summed E-state index contributed by atoms with van der Waals surface area (Å²) in [4.78, 5) is 38.9. The van der Waals surface area contributed by atoms with Gasteiger partial charge in [0, 0.05) is 21.5 Å². The number of aromatic hydroxyl groups is 1. The second kappa shape index (κ2) is 23.2. The van der Waals surface area contributed by atoms with Gasteiger partial charge in [-0.15, -0.1) is 19.5 Å². The van der Waals surface area contributed by atoms with Crippen LogP contribution in [0.3, 0.4) is 0 Å². The number of anilines is 6. The highest BCUT2D eigenvalue weighted by molar-refractivity contribution is 8.04. The van der Waals surface area contributed by atoms with Crippen LogP contribution in [0.1, 0.15) is 10.4 Å². The summed E-state index contributed by atoms with van der Waals surface area (Å²) in [5, 5.41) is 59.7. The molecule has 0 radical (unpaired) electrons. The first-order valence-electron chi connectivity index (χ1n) is 20.0. The van der Waals surface area contributed by atoms with E-state index in [4.69, 9.17) is 21.3 Å². The fourth-order valence-corrected chi connectivity index (χ4v) is 8.64. The van der Waals surface area contributed by atoms with Crippen molar-refractivity contribution in [2.45, 2.75) is 19.6 Å². The van der Waals surface area contributed by atoms with Gasteiger partial charge in [0.1, 0.15) is 21.2 Å². The van der Waals surface area contributed by atoms with Crippen molar-refractivity contribution in [2.24, 2.45) is 26.2 Å². The average molecular weight is 1140 g/mol. The van der Waals surface area contributed by atoms with Gasteiger partial charge in [-0.05, 0) is 116 Å². The fourth-order valence-electron chi connectivity index (χ4n) is 6.26. The van der Waals surface area contributed by atoms with E-state index in [0.29, 0.717) is 4.90 Å². The minimum Gasteiger partial charge on any atom is -0.505 e. The first-order valence-corrected chi connectivity index (χ1v) is 25.8. The number of phenols is 1. The summed E-state index contributed by atoms with van der Waals surface area (Å²) in [5.74, 6) is -3.00. The molecule has 0 aliphatic carbocycles. The summed E-state index contributed by atoms with van der Waals surface area (Å²) in [6.07, 6.45) is 4.43. The molecule has 2 heterocycles. The lowest BCUT2D eigenvalue weighted by Gasteiger charge is -2.14. The third kappa shape index (κ3) is 14.3. The Morgan fingerprint density at radius 2 is 1.43 bits per heavy atom. The number of hydrogen-bond donors (Lipinski definition) is 11. The number of carbonyl (C=O) groups is 2. The molecule has 5 aromatic carbocycles. The Balaban J connectivity index is 1.27. The number of aromatic nitrogens is 4. The Morgan fingerprint density at radius 3 is 2.11 bits per heavy atom. The fraction of sp³-hybridized carbons (Fsp3) is 0. The van der Waals surface area contributed by atoms with E-state index in [1.165, 1.54) is 59.3 Å². The molecule has 0 bridgehead atoms. The number of amides is 2. The molecule has 7 aromatic rings. The highest BCUT2D eigenvalue weighted by Gasteiger charge is 2.27. The van der Waals surface area contributed by atoms with E-state index in [-0.39, 0.29) is 67.9 Å². The maximum atomic E-state index is 12.9. The third-order valence-corrected chi connectivity index (χ3v) is 12.6. The van der Waals surface area contributed by atoms with Gasteiger partial charge in [0.15, 0.2) is 11.9 Å². The number of benzene rings is 5. The highest BCUT2D eigenvalue weighted by atomic mass is 32.3. The number of azo groups is 2. The van der Waals surface area contributed by atoms with Crippen LogP contribution in [0, 0.1) is 11.4 Å². The quantitative estimate of drug-likeness (QED) is 0.00457. The summed E-state index contributed by atoms with van der Waals surface area (Å²) in [7, 11) is -15.2. The number of nitrogens with zero attached hydrogens (tertiary/aromatic N) is 8. The molecular weight excluding hydrogens is 1110 g/mol. The summed E-state index contributed by atoms with van der Waals surface area (Å²) in [6.45, 7) is 0. The molecule has 36 heteroatoms. The van der Waals surface area contributed by atoms with Crippen LogP contribution >= 0.6 is 23.8 Å². The van der Waals surface area contributed by atoms with Crippen LogP contribution in [0.5, 0.6) is 5.75 Å². The number of thioether (sulfide) groups is 1. The molecule has 76 heavy (non-hydrogen) atoms. The lowest BCUT2D eigenvalue weighted by Crippen LogP contribution is -2.34. The minimum absolute atomic E-state index is 0.162. The average Bonchev–Trinajstić information content (AvgIpc) is 3.37. The molecule has 0 saturated carbocycles. The van der Waals surface area contributed by atoms with Crippen molar-refractivity contribution in [3.05, 3.63) is 109 Å². The van der Waals surface area contributed by atoms with Crippen molar-refractivity contribution in [3.63, 3.8) is 0 Å². The van der Waals surface area contributed by atoms with E-state index in [2.05, 4.69) is 75.2 Å². The van der Waals surface area contributed by atoms with Crippen LogP contribution in [0.2, 0.25) is 0 Å². The predicted octanol–water partition coefficient (Wildman–Crippen LogP) is 6.78. The number of pyridine rings is 1. The van der Waals surface area contributed by atoms with Crippen LogP contribution in [0.15, 0.2) is 143 Å². The number of carboxylic acids is 1. The summed E-state index contributed by atoms with van der Waals surface area (Å²) >= 11 is 1.12. The molecule has 0 aliphatic rings. The van der Waals surface area contributed by atoms with Crippen molar-refractivity contribution >= 4 is 135 Å². The molecule has 2 aromatic heterocycles. The smallest absolute Gasteiger partial charge is 0.444 e. The number of nitrogen functional groups attached to an aromatic ring is 1. The SMILES string of the molecule is NC(=O)Nc1cccc(Nc2nc(Nc3cc(N=Nc4c(S(=O)(=O)O)cc5cc(SOOO)c(N=Nc6ccc(SC#COOS(=O)(=O)O)cc6)c(O)c5c4N)ccc3S(=O)(=O)O)nc(-[n+]3cccc(C(=O)O)c3)n2)c1. The molecule has 7 rings (SSSR count). The number of carbonyl (C=O) groups excluding carboxylic acids is 1. The Labute approximate surface area is 434 Å². The topological polar surface area (TPSA) is 475 Å². The first kappa shape index (κ1) is 55.0. The van der Waals surface area contributed by atoms with Crippen LogP contribution < -0.4 is 32.0 Å². The van der Waals surface area contributed by atoms with Gasteiger partial charge in [0.2, 0.25) is 0 Å². The Kier molecular flexibility index (Phi) is 16.8. The van der Waals surface area contributed by atoms with Gasteiger partial charge in [-0.1, -0.05) is 11.1 Å². The molecule has 0 fully saturated rings. The number of nitrogens with two attached hydrogens (primary N) is 2. The van der Waals surface area contributed by atoms with Gasteiger partial charge in [0.25, 0.3) is 20.2 Å². The minimum atomic E-state index is -5.24. The molecule has 0 aliphatic heterocycles. The maximum absolute atomic E-state index is 12.9. The highest BCUT2D eigenvalue weighted by Crippen LogP contribution is 2.50. The number of nitrogens with one attached hydrogen (secondary N) is 3. The molecule has 0 saturated heterocycles. The normalized spacial score (nSPS) is 11.8. The van der Waals surface area contributed by atoms with Gasteiger partial charge in [-0.3, -0.25) is 18.5 Å². The Hall–Kier alpha value is -8.71. The van der Waals surface area contributed by atoms with E-state index in [9.17, 15) is 54.2 Å². The zero-order valence-corrected chi connectivity index (χ0v) is 41.3. The second-order valence-corrected chi connectivity index (χ2v) is 19.7. The van der Waals surface area contributed by atoms with E-state index < -0.39 is 86.9 Å². The number of rotatable bonds is 19. The lowest BCUT2D eigenvalue weighted by atomic mass is 10.1. The Morgan fingerprint density at radius 1 is 0.763 bits per heavy atom. The zero-order chi connectivity index (χ0) is 55.0. The van der Waals surface area contributed by atoms with Gasteiger partial charge in [0.05, 0.1) is 63.0 Å². The number of urea groups is 1. The third-order valence-electron chi connectivity index (χ3n) is 9.26. The lowest BCUT2D eigenvalue weighted by molar-refractivity contribution is -0.603. The zero-order valence-electron chi connectivity index (χ0n) is 37.2. The van der Waals surface area contributed by atoms with E-state index in [1.54, 1.807) is 12.1 Å². The van der Waals surface area contributed by atoms with Gasteiger partial charge < -0.3 is 37.6 Å². The predicted molar refractivity (Wildman–Crippen MR) is 263 cm³/mol. The molecule has 0 atom stereocenters. The largest absolute Gasteiger partial charge is 0.505 e. The molecule has 13 N–H and O–H groups in total. The van der Waals surface area contributed by atoms with Crippen LogP contribution in [-0.2, 0) is 49.2 Å². The van der Waals surface area contributed by atoms with E-state index in [1.807, 2.05) is 6.11 Å². The Bertz CT molecular complexity index is 3920. The van der Waals surface area contributed by atoms with Crippen molar-refractivity contribution in [1.29, 1.82) is 0 Å². The van der Waals surface area contributed by atoms with Crippen LogP contribution in [-0.4, -0.2) is 81.3 Å². The molecule has 392 valence electrons. The number of fused-ring (bicyclic) bond motifs is 1.